The predicted octanol–water partition coefficient (Wildman–Crippen LogP) is 3.26. The molecule has 1 saturated heterocycles. The van der Waals surface area contributed by atoms with Crippen LogP contribution < -0.4 is 0 Å². The van der Waals surface area contributed by atoms with Crippen molar-refractivity contribution in [2.45, 2.75) is 58.8 Å². The van der Waals surface area contributed by atoms with Crippen molar-refractivity contribution in [1.82, 2.24) is 4.90 Å². The maximum absolute atomic E-state index is 11.3. The lowest BCUT2D eigenvalue weighted by Crippen LogP contribution is -2.39. The number of carbonyl (C=O) groups is 1. The molecule has 2 nitrogen and oxygen atoms in total. The molecule has 1 heterocycles. The van der Waals surface area contributed by atoms with Crippen molar-refractivity contribution in [2.75, 3.05) is 19.6 Å². The Morgan fingerprint density at radius 2 is 1.50 bits per heavy atom. The van der Waals surface area contributed by atoms with Gasteiger partial charge in [0.05, 0.1) is 0 Å². The fraction of sp³-hybridized carbons (Fsp3) is 0.929. The van der Waals surface area contributed by atoms with E-state index in [4.69, 9.17) is 0 Å². The van der Waals surface area contributed by atoms with E-state index in [9.17, 15) is 4.79 Å². The normalized spacial score (nSPS) is 20.1. The van der Waals surface area contributed by atoms with E-state index in [-0.39, 0.29) is 5.41 Å². The summed E-state index contributed by atoms with van der Waals surface area (Å²) in [5, 5.41) is 0. The molecule has 0 aromatic heterocycles. The van der Waals surface area contributed by atoms with Crippen LogP contribution in [0.4, 0.5) is 0 Å². The average Bonchev–Trinajstić information content (AvgIpc) is 2.29. The summed E-state index contributed by atoms with van der Waals surface area (Å²) in [5.41, 5.74) is -0.0841. The summed E-state index contributed by atoms with van der Waals surface area (Å²) < 4.78 is 0. The molecule has 94 valence electrons. The van der Waals surface area contributed by atoms with Gasteiger partial charge in [-0.05, 0) is 38.8 Å². The summed E-state index contributed by atoms with van der Waals surface area (Å²) in [6.45, 7) is 7.64. The first kappa shape index (κ1) is 13.7. The Morgan fingerprint density at radius 1 is 1.00 bits per heavy atom. The molecule has 2 heteroatoms. The number of aldehydes is 1. The lowest BCUT2D eigenvalue weighted by Gasteiger charge is -2.33. The molecule has 16 heavy (non-hydrogen) atoms. The second-order valence-corrected chi connectivity index (χ2v) is 5.23. The average molecular weight is 225 g/mol. The first-order valence-corrected chi connectivity index (χ1v) is 6.95. The Labute approximate surface area is 100 Å². The zero-order valence-corrected chi connectivity index (χ0v) is 11.0. The fourth-order valence-electron chi connectivity index (χ4n) is 2.59. The van der Waals surface area contributed by atoms with Crippen LogP contribution in [0.3, 0.4) is 0 Å². The van der Waals surface area contributed by atoms with E-state index in [1.54, 1.807) is 0 Å². The van der Waals surface area contributed by atoms with Crippen molar-refractivity contribution in [3.8, 4) is 0 Å². The van der Waals surface area contributed by atoms with E-state index in [0.717, 1.165) is 19.4 Å². The fourth-order valence-corrected chi connectivity index (χ4v) is 2.59. The van der Waals surface area contributed by atoms with Crippen LogP contribution in [0.5, 0.6) is 0 Å². The van der Waals surface area contributed by atoms with Crippen LogP contribution >= 0.6 is 0 Å². The summed E-state index contributed by atoms with van der Waals surface area (Å²) in [4.78, 5) is 13.8. The highest BCUT2D eigenvalue weighted by Gasteiger charge is 2.28. The quantitative estimate of drug-likeness (QED) is 0.669. The zero-order chi connectivity index (χ0) is 11.9. The van der Waals surface area contributed by atoms with Crippen molar-refractivity contribution >= 4 is 6.29 Å². The van der Waals surface area contributed by atoms with Gasteiger partial charge < -0.3 is 9.69 Å². The van der Waals surface area contributed by atoms with Crippen LogP contribution in [-0.2, 0) is 4.79 Å². The van der Waals surface area contributed by atoms with Crippen molar-refractivity contribution in [1.29, 1.82) is 0 Å². The topological polar surface area (TPSA) is 20.3 Å². The number of carbonyl (C=O) groups excluding carboxylic acids is 1. The molecule has 0 unspecified atom stereocenters. The van der Waals surface area contributed by atoms with Crippen molar-refractivity contribution in [3.05, 3.63) is 0 Å². The Kier molecular flexibility index (Phi) is 6.04. The molecule has 0 bridgehead atoms. The van der Waals surface area contributed by atoms with Gasteiger partial charge in [-0.1, -0.05) is 33.1 Å². The molecule has 0 amide bonds. The smallest absolute Gasteiger partial charge is 0.127 e. The molecular formula is C14H27NO. The van der Waals surface area contributed by atoms with E-state index in [1.807, 2.05) is 0 Å². The zero-order valence-electron chi connectivity index (χ0n) is 11.0. The lowest BCUT2D eigenvalue weighted by molar-refractivity contribution is -0.117. The maximum Gasteiger partial charge on any atom is 0.127 e. The lowest BCUT2D eigenvalue weighted by atomic mass is 9.83. The van der Waals surface area contributed by atoms with Gasteiger partial charge in [-0.15, -0.1) is 0 Å². The largest absolute Gasteiger partial charge is 0.303 e. The van der Waals surface area contributed by atoms with Crippen LogP contribution in [0.25, 0.3) is 0 Å². The Bertz CT molecular complexity index is 191. The molecule has 0 aromatic rings. The van der Waals surface area contributed by atoms with Gasteiger partial charge in [-0.2, -0.15) is 0 Å². The summed E-state index contributed by atoms with van der Waals surface area (Å²) in [6, 6.07) is 0. The maximum atomic E-state index is 11.3. The van der Waals surface area contributed by atoms with Gasteiger partial charge in [0.1, 0.15) is 6.29 Å². The molecule has 0 N–H and O–H groups in total. The third-order valence-corrected chi connectivity index (χ3v) is 4.15. The molecule has 0 atom stereocenters. The number of hydrogen-bond donors (Lipinski definition) is 0. The number of hydrogen-bond acceptors (Lipinski definition) is 2. The van der Waals surface area contributed by atoms with Crippen LogP contribution in [-0.4, -0.2) is 30.8 Å². The predicted molar refractivity (Wildman–Crippen MR) is 68.6 cm³/mol. The van der Waals surface area contributed by atoms with Crippen molar-refractivity contribution in [2.24, 2.45) is 5.41 Å². The Morgan fingerprint density at radius 3 is 1.94 bits per heavy atom. The molecule has 0 spiro atoms. The van der Waals surface area contributed by atoms with E-state index in [1.165, 1.54) is 51.5 Å². The molecular weight excluding hydrogens is 198 g/mol. The number of rotatable bonds is 5. The minimum atomic E-state index is -0.0841. The summed E-state index contributed by atoms with van der Waals surface area (Å²) >= 11 is 0. The summed E-state index contributed by atoms with van der Waals surface area (Å²) in [6.07, 6.45) is 9.89. The summed E-state index contributed by atoms with van der Waals surface area (Å²) in [5.74, 6) is 0. The van der Waals surface area contributed by atoms with Gasteiger partial charge in [0.15, 0.2) is 0 Å². The van der Waals surface area contributed by atoms with Gasteiger partial charge in [0, 0.05) is 12.0 Å². The minimum absolute atomic E-state index is 0.0841. The van der Waals surface area contributed by atoms with Crippen molar-refractivity contribution in [3.63, 3.8) is 0 Å². The number of nitrogens with zero attached hydrogens (tertiary/aromatic N) is 1. The molecule has 0 aromatic carbocycles. The first-order valence-electron chi connectivity index (χ1n) is 6.95. The monoisotopic (exact) mass is 225 g/mol. The van der Waals surface area contributed by atoms with E-state index in [0.29, 0.717) is 0 Å². The molecule has 0 radical (unpaired) electrons. The van der Waals surface area contributed by atoms with Gasteiger partial charge >= 0.3 is 0 Å². The second-order valence-electron chi connectivity index (χ2n) is 5.23. The third kappa shape index (κ3) is 3.89. The van der Waals surface area contributed by atoms with Crippen LogP contribution in [0, 0.1) is 5.41 Å². The van der Waals surface area contributed by atoms with Crippen LogP contribution in [0.1, 0.15) is 58.8 Å². The highest BCUT2D eigenvalue weighted by molar-refractivity contribution is 5.59. The van der Waals surface area contributed by atoms with E-state index in [2.05, 4.69) is 18.7 Å². The minimum Gasteiger partial charge on any atom is -0.303 e. The molecule has 0 aliphatic carbocycles. The first-order chi connectivity index (χ1) is 7.76. The molecule has 1 aliphatic rings. The van der Waals surface area contributed by atoms with Gasteiger partial charge in [0.25, 0.3) is 0 Å². The van der Waals surface area contributed by atoms with Crippen LogP contribution in [0.15, 0.2) is 0 Å². The van der Waals surface area contributed by atoms with E-state index < -0.39 is 0 Å². The van der Waals surface area contributed by atoms with Gasteiger partial charge in [-0.25, -0.2) is 0 Å². The Balaban J connectivity index is 2.50. The van der Waals surface area contributed by atoms with Crippen LogP contribution in [0.2, 0.25) is 0 Å². The highest BCUT2D eigenvalue weighted by Crippen LogP contribution is 2.26. The third-order valence-electron chi connectivity index (χ3n) is 4.15. The van der Waals surface area contributed by atoms with E-state index >= 15 is 0 Å². The highest BCUT2D eigenvalue weighted by atomic mass is 16.1. The van der Waals surface area contributed by atoms with Crippen molar-refractivity contribution < 1.29 is 4.79 Å². The molecule has 0 saturated carbocycles. The van der Waals surface area contributed by atoms with Gasteiger partial charge in [0.2, 0.25) is 0 Å². The standard InChI is InChI=1S/C14H27NO/c1-3-14(4-2,13-16)12-15-10-8-6-5-7-9-11-15/h13H,3-12H2,1-2H3. The molecule has 1 fully saturated rings. The molecule has 1 aliphatic heterocycles. The molecule has 1 rings (SSSR count). The van der Waals surface area contributed by atoms with Gasteiger partial charge in [-0.3, -0.25) is 0 Å². The SMILES string of the molecule is CCC(C=O)(CC)CN1CCCCCCC1. The second kappa shape index (κ2) is 7.05. The summed E-state index contributed by atoms with van der Waals surface area (Å²) in [7, 11) is 0. The Hall–Kier alpha value is -0.370. The number of likely N-dealkylation sites (tertiary alicyclic amines) is 1.